The van der Waals surface area contributed by atoms with Gasteiger partial charge in [0.2, 0.25) is 0 Å². The van der Waals surface area contributed by atoms with Gasteiger partial charge in [-0.2, -0.15) is 0 Å². The fourth-order valence-corrected chi connectivity index (χ4v) is 3.51. The second kappa shape index (κ2) is 6.64. The molecule has 0 radical (unpaired) electrons. The first kappa shape index (κ1) is 14.6. The maximum absolute atomic E-state index is 5.92. The summed E-state index contributed by atoms with van der Waals surface area (Å²) in [7, 11) is 0. The topological polar surface area (TPSA) is 61.0 Å². The molecule has 2 N–H and O–H groups in total. The minimum Gasteiger partial charge on any atom is -0.493 e. The number of rotatable bonds is 5. The molecule has 0 saturated carbocycles. The summed E-state index contributed by atoms with van der Waals surface area (Å²) in [4.78, 5) is 9.71. The van der Waals surface area contributed by atoms with Crippen LogP contribution in [0.4, 0.5) is 5.82 Å². The van der Waals surface area contributed by atoms with Gasteiger partial charge in [-0.25, -0.2) is 9.97 Å². The van der Waals surface area contributed by atoms with Crippen molar-refractivity contribution in [3.05, 3.63) is 40.2 Å². The Morgan fingerprint density at radius 1 is 1.19 bits per heavy atom. The Kier molecular flexibility index (Phi) is 4.62. The summed E-state index contributed by atoms with van der Waals surface area (Å²) in [5.74, 6) is 2.16. The third-order valence-electron chi connectivity index (χ3n) is 2.73. The molecule has 1 aromatic carbocycles. The number of halogens is 1. The molecule has 0 unspecified atom stereocenters. The van der Waals surface area contributed by atoms with Crippen LogP contribution in [0.3, 0.4) is 0 Å². The zero-order valence-corrected chi connectivity index (χ0v) is 14.2. The van der Waals surface area contributed by atoms with E-state index >= 15 is 0 Å². The van der Waals surface area contributed by atoms with Gasteiger partial charge in [0.1, 0.15) is 16.4 Å². The molecule has 0 atom stereocenters. The number of ether oxygens (including phenoxy) is 1. The largest absolute Gasteiger partial charge is 0.493 e. The number of nitrogens with two attached hydrogens (primary N) is 1. The van der Waals surface area contributed by atoms with Crippen molar-refractivity contribution in [1.82, 2.24) is 9.97 Å². The second-order valence-electron chi connectivity index (χ2n) is 4.18. The van der Waals surface area contributed by atoms with Crippen molar-refractivity contribution < 1.29 is 4.74 Å². The molecular formula is C14H12BrN3OS2. The van der Waals surface area contributed by atoms with Gasteiger partial charge >= 0.3 is 0 Å². The van der Waals surface area contributed by atoms with E-state index < -0.39 is 0 Å². The Balaban J connectivity index is 1.55. The number of fused-ring (bicyclic) bond motifs is 1. The van der Waals surface area contributed by atoms with Gasteiger partial charge in [0.15, 0.2) is 5.16 Å². The molecule has 0 saturated heterocycles. The number of nitrogen functional groups attached to an aromatic ring is 1. The van der Waals surface area contributed by atoms with Crippen LogP contribution in [-0.4, -0.2) is 22.3 Å². The van der Waals surface area contributed by atoms with E-state index in [-0.39, 0.29) is 0 Å². The van der Waals surface area contributed by atoms with E-state index in [2.05, 4.69) is 25.9 Å². The Hall–Kier alpha value is -1.31. The highest BCUT2D eigenvalue weighted by Gasteiger charge is 2.06. The summed E-state index contributed by atoms with van der Waals surface area (Å²) in [5, 5.41) is 3.60. The second-order valence-corrected chi connectivity index (χ2v) is 7.05. The molecule has 0 spiro atoms. The van der Waals surface area contributed by atoms with Crippen molar-refractivity contribution in [1.29, 1.82) is 0 Å². The molecule has 0 aliphatic rings. The van der Waals surface area contributed by atoms with E-state index in [1.165, 1.54) is 0 Å². The van der Waals surface area contributed by atoms with E-state index in [4.69, 9.17) is 10.5 Å². The Labute approximate surface area is 138 Å². The minimum atomic E-state index is 0.539. The first-order chi connectivity index (χ1) is 10.2. The summed E-state index contributed by atoms with van der Waals surface area (Å²) in [6, 6.07) is 9.72. The number of hydrogen-bond acceptors (Lipinski definition) is 6. The SMILES string of the molecule is Nc1nc(SCCOc2ccc(Br)cc2)nc2sccc12. The summed E-state index contributed by atoms with van der Waals surface area (Å²) < 4.78 is 6.70. The number of anilines is 1. The summed E-state index contributed by atoms with van der Waals surface area (Å²) in [6.45, 7) is 0.595. The van der Waals surface area contributed by atoms with Crippen LogP contribution in [0.5, 0.6) is 5.75 Å². The number of hydrogen-bond donors (Lipinski definition) is 1. The predicted molar refractivity (Wildman–Crippen MR) is 92.2 cm³/mol. The molecule has 7 heteroatoms. The molecule has 2 heterocycles. The third kappa shape index (κ3) is 3.66. The van der Waals surface area contributed by atoms with Crippen LogP contribution in [0.2, 0.25) is 0 Å². The van der Waals surface area contributed by atoms with Crippen LogP contribution in [0.1, 0.15) is 0 Å². The van der Waals surface area contributed by atoms with Crippen molar-refractivity contribution >= 4 is 55.1 Å². The average molecular weight is 382 g/mol. The lowest BCUT2D eigenvalue weighted by Crippen LogP contribution is -2.01. The molecule has 0 aliphatic heterocycles. The first-order valence-corrected chi connectivity index (χ1v) is 8.90. The molecule has 0 aliphatic carbocycles. The molecule has 4 nitrogen and oxygen atoms in total. The molecule has 0 bridgehead atoms. The number of benzene rings is 1. The van der Waals surface area contributed by atoms with Crippen LogP contribution < -0.4 is 10.5 Å². The van der Waals surface area contributed by atoms with Gasteiger partial charge < -0.3 is 10.5 Å². The lowest BCUT2D eigenvalue weighted by atomic mass is 10.3. The molecule has 108 valence electrons. The van der Waals surface area contributed by atoms with Crippen LogP contribution in [0, 0.1) is 0 Å². The van der Waals surface area contributed by atoms with Gasteiger partial charge in [-0.15, -0.1) is 11.3 Å². The Morgan fingerprint density at radius 3 is 2.81 bits per heavy atom. The number of thiophene rings is 1. The zero-order chi connectivity index (χ0) is 14.7. The molecule has 2 aromatic heterocycles. The fraction of sp³-hybridized carbons (Fsp3) is 0.143. The van der Waals surface area contributed by atoms with Crippen molar-refractivity contribution in [2.75, 3.05) is 18.1 Å². The van der Waals surface area contributed by atoms with Gasteiger partial charge in [0.05, 0.1) is 12.0 Å². The molecule has 3 rings (SSSR count). The monoisotopic (exact) mass is 381 g/mol. The van der Waals surface area contributed by atoms with Gasteiger partial charge in [-0.05, 0) is 35.7 Å². The highest BCUT2D eigenvalue weighted by Crippen LogP contribution is 2.26. The predicted octanol–water partition coefficient (Wildman–Crippen LogP) is 4.21. The van der Waals surface area contributed by atoms with E-state index in [1.807, 2.05) is 35.7 Å². The molecule has 3 aromatic rings. The van der Waals surface area contributed by atoms with Crippen LogP contribution >= 0.6 is 39.0 Å². The fourth-order valence-electron chi connectivity index (χ4n) is 1.75. The standard InChI is InChI=1S/C14H12BrN3OS2/c15-9-1-3-10(4-2-9)19-6-8-21-14-17-12(16)11-5-7-20-13(11)18-14/h1-5,7H,6,8H2,(H2,16,17,18). The normalized spacial score (nSPS) is 10.9. The average Bonchev–Trinajstić information content (AvgIpc) is 2.94. The van der Waals surface area contributed by atoms with E-state index in [9.17, 15) is 0 Å². The van der Waals surface area contributed by atoms with Crippen molar-refractivity contribution in [2.45, 2.75) is 5.16 Å². The van der Waals surface area contributed by atoms with Crippen LogP contribution in [0.15, 0.2) is 45.3 Å². The number of aromatic nitrogens is 2. The number of thioether (sulfide) groups is 1. The minimum absolute atomic E-state index is 0.539. The van der Waals surface area contributed by atoms with Crippen LogP contribution in [0.25, 0.3) is 10.2 Å². The molecule has 0 amide bonds. The van der Waals surface area contributed by atoms with Gasteiger partial charge in [-0.1, -0.05) is 27.7 Å². The zero-order valence-electron chi connectivity index (χ0n) is 11.0. The van der Waals surface area contributed by atoms with Gasteiger partial charge in [-0.3, -0.25) is 0 Å². The lowest BCUT2D eigenvalue weighted by molar-refractivity contribution is 0.344. The maximum Gasteiger partial charge on any atom is 0.191 e. The molecule has 21 heavy (non-hydrogen) atoms. The van der Waals surface area contributed by atoms with Crippen LogP contribution in [-0.2, 0) is 0 Å². The molecular weight excluding hydrogens is 370 g/mol. The highest BCUT2D eigenvalue weighted by molar-refractivity contribution is 9.10. The first-order valence-electron chi connectivity index (χ1n) is 6.24. The molecule has 0 fully saturated rings. The summed E-state index contributed by atoms with van der Waals surface area (Å²) in [6.07, 6.45) is 0. The third-order valence-corrected chi connectivity index (χ3v) is 4.88. The number of nitrogens with zero attached hydrogens (tertiary/aromatic N) is 2. The van der Waals surface area contributed by atoms with Gasteiger partial charge in [0, 0.05) is 10.2 Å². The van der Waals surface area contributed by atoms with Crippen molar-refractivity contribution in [3.8, 4) is 5.75 Å². The highest BCUT2D eigenvalue weighted by atomic mass is 79.9. The summed E-state index contributed by atoms with van der Waals surface area (Å²) >= 11 is 6.51. The lowest BCUT2D eigenvalue weighted by Gasteiger charge is -2.06. The van der Waals surface area contributed by atoms with E-state index in [1.54, 1.807) is 23.1 Å². The van der Waals surface area contributed by atoms with E-state index in [0.29, 0.717) is 17.6 Å². The maximum atomic E-state index is 5.92. The summed E-state index contributed by atoms with van der Waals surface area (Å²) in [5.41, 5.74) is 5.92. The van der Waals surface area contributed by atoms with Gasteiger partial charge in [0.25, 0.3) is 0 Å². The Morgan fingerprint density at radius 2 is 2.00 bits per heavy atom. The smallest absolute Gasteiger partial charge is 0.191 e. The van der Waals surface area contributed by atoms with E-state index in [0.717, 1.165) is 26.2 Å². The van der Waals surface area contributed by atoms with Crippen molar-refractivity contribution in [2.24, 2.45) is 0 Å². The Bertz CT molecular complexity index is 746. The van der Waals surface area contributed by atoms with Crippen molar-refractivity contribution in [3.63, 3.8) is 0 Å². The quantitative estimate of drug-likeness (QED) is 0.407.